The van der Waals surface area contributed by atoms with Crippen molar-refractivity contribution >= 4 is 11.8 Å². The van der Waals surface area contributed by atoms with E-state index in [1.165, 1.54) is 5.56 Å². The van der Waals surface area contributed by atoms with E-state index in [4.69, 9.17) is 9.15 Å². The predicted octanol–water partition coefficient (Wildman–Crippen LogP) is 4.39. The molecule has 2 aromatic rings. The smallest absolute Gasteiger partial charge is 0.123 e. The maximum atomic E-state index is 5.80. The lowest BCUT2D eigenvalue weighted by molar-refractivity contribution is 0.389. The molecule has 0 radical (unpaired) electrons. The molecule has 1 N–H and O–H groups in total. The molecule has 114 valence electrons. The quantitative estimate of drug-likeness (QED) is 0.784. The van der Waals surface area contributed by atoms with Gasteiger partial charge in [0, 0.05) is 11.6 Å². The lowest BCUT2D eigenvalue weighted by Gasteiger charge is -2.19. The molecule has 1 aromatic heterocycles. The number of hydrogen-bond acceptors (Lipinski definition) is 4. The minimum absolute atomic E-state index is 0.259. The van der Waals surface area contributed by atoms with Crippen molar-refractivity contribution in [2.24, 2.45) is 0 Å². The molecule has 4 heteroatoms. The fraction of sp³-hybridized carbons (Fsp3) is 0.412. The average Bonchev–Trinajstić information content (AvgIpc) is 2.96. The zero-order valence-corrected chi connectivity index (χ0v) is 13.7. The first-order chi connectivity index (χ1) is 10.3. The largest absolute Gasteiger partial charge is 0.496 e. The molecule has 0 fully saturated rings. The normalized spacial score (nSPS) is 12.3. The van der Waals surface area contributed by atoms with Crippen LogP contribution in [0.1, 0.15) is 36.5 Å². The van der Waals surface area contributed by atoms with Gasteiger partial charge in [-0.2, -0.15) is 11.8 Å². The molecule has 0 aliphatic carbocycles. The zero-order valence-electron chi connectivity index (χ0n) is 12.9. The minimum atomic E-state index is 0.259. The summed E-state index contributed by atoms with van der Waals surface area (Å²) in [4.78, 5) is 0. The van der Waals surface area contributed by atoms with Crippen molar-refractivity contribution in [3.05, 3.63) is 53.5 Å². The Morgan fingerprint density at radius 1 is 1.19 bits per heavy atom. The van der Waals surface area contributed by atoms with Crippen LogP contribution in [0.25, 0.3) is 0 Å². The van der Waals surface area contributed by atoms with Crippen LogP contribution in [-0.2, 0) is 12.3 Å². The van der Waals surface area contributed by atoms with Crippen molar-refractivity contribution < 1.29 is 9.15 Å². The molecule has 0 bridgehead atoms. The highest BCUT2D eigenvalue weighted by Gasteiger charge is 2.14. The highest BCUT2D eigenvalue weighted by Crippen LogP contribution is 2.27. The monoisotopic (exact) mass is 305 g/mol. The van der Waals surface area contributed by atoms with Crippen LogP contribution in [0.5, 0.6) is 5.75 Å². The molecule has 2 rings (SSSR count). The Bertz CT molecular complexity index is 553. The molecule has 0 spiro atoms. The molecule has 0 aliphatic heterocycles. The van der Waals surface area contributed by atoms with E-state index in [-0.39, 0.29) is 6.04 Å². The molecule has 0 amide bonds. The van der Waals surface area contributed by atoms with Crippen molar-refractivity contribution in [3.63, 3.8) is 0 Å². The van der Waals surface area contributed by atoms with Gasteiger partial charge in [0.15, 0.2) is 0 Å². The van der Waals surface area contributed by atoms with E-state index < -0.39 is 0 Å². The number of para-hydroxylation sites is 1. The first-order valence-electron chi connectivity index (χ1n) is 7.21. The van der Waals surface area contributed by atoms with Gasteiger partial charge in [-0.1, -0.05) is 25.1 Å². The second-order valence-electron chi connectivity index (χ2n) is 4.88. The highest BCUT2D eigenvalue weighted by atomic mass is 32.2. The fourth-order valence-corrected chi connectivity index (χ4v) is 2.83. The standard InChI is InChI=1S/C17H23NO2S/c1-4-16(15-7-5-6-8-17(15)19-2)18-11-13-9-10-14(20-13)12-21-3/h5-10,16,18H,4,11-12H2,1-3H3. The number of nitrogens with one attached hydrogen (secondary N) is 1. The Kier molecular flexibility index (Phi) is 6.21. The minimum Gasteiger partial charge on any atom is -0.496 e. The van der Waals surface area contributed by atoms with Crippen molar-refractivity contribution in [1.29, 1.82) is 0 Å². The van der Waals surface area contributed by atoms with Gasteiger partial charge in [-0.05, 0) is 30.9 Å². The SMILES string of the molecule is CCC(NCc1ccc(CSC)o1)c1ccccc1OC. The van der Waals surface area contributed by atoms with Crippen LogP contribution in [-0.4, -0.2) is 13.4 Å². The lowest BCUT2D eigenvalue weighted by Crippen LogP contribution is -2.20. The molecule has 21 heavy (non-hydrogen) atoms. The van der Waals surface area contributed by atoms with E-state index in [1.54, 1.807) is 18.9 Å². The maximum absolute atomic E-state index is 5.80. The van der Waals surface area contributed by atoms with Crippen LogP contribution in [0.4, 0.5) is 0 Å². The first kappa shape index (κ1) is 16.0. The summed E-state index contributed by atoms with van der Waals surface area (Å²) >= 11 is 1.77. The fourth-order valence-electron chi connectivity index (χ4n) is 2.39. The van der Waals surface area contributed by atoms with E-state index in [9.17, 15) is 0 Å². The van der Waals surface area contributed by atoms with Crippen LogP contribution >= 0.6 is 11.8 Å². The van der Waals surface area contributed by atoms with Gasteiger partial charge in [-0.25, -0.2) is 0 Å². The van der Waals surface area contributed by atoms with Crippen LogP contribution in [0, 0.1) is 0 Å². The number of thioether (sulfide) groups is 1. The van der Waals surface area contributed by atoms with E-state index in [2.05, 4.69) is 30.6 Å². The molecule has 0 saturated carbocycles. The van der Waals surface area contributed by atoms with Gasteiger partial charge in [0.25, 0.3) is 0 Å². The Morgan fingerprint density at radius 2 is 1.95 bits per heavy atom. The van der Waals surface area contributed by atoms with Crippen LogP contribution in [0.15, 0.2) is 40.8 Å². The molecular weight excluding hydrogens is 282 g/mol. The number of hydrogen-bond donors (Lipinski definition) is 1. The summed E-state index contributed by atoms with van der Waals surface area (Å²) < 4.78 is 11.2. The first-order valence-corrected chi connectivity index (χ1v) is 8.60. The Balaban J connectivity index is 2.01. The zero-order chi connectivity index (χ0) is 15.1. The Hall–Kier alpha value is -1.39. The highest BCUT2D eigenvalue weighted by molar-refractivity contribution is 7.97. The van der Waals surface area contributed by atoms with Gasteiger partial charge in [0.1, 0.15) is 17.3 Å². The van der Waals surface area contributed by atoms with E-state index in [0.29, 0.717) is 0 Å². The molecule has 3 nitrogen and oxygen atoms in total. The van der Waals surface area contributed by atoms with Gasteiger partial charge in [-0.3, -0.25) is 0 Å². The molecule has 1 heterocycles. The van der Waals surface area contributed by atoms with E-state index in [0.717, 1.165) is 36.0 Å². The van der Waals surface area contributed by atoms with E-state index in [1.807, 2.05) is 24.3 Å². The third kappa shape index (κ3) is 4.29. The van der Waals surface area contributed by atoms with Crippen LogP contribution in [0.3, 0.4) is 0 Å². The number of furan rings is 1. The molecule has 0 aliphatic rings. The topological polar surface area (TPSA) is 34.4 Å². The molecular formula is C17H23NO2S. The second kappa shape index (κ2) is 8.15. The second-order valence-corrected chi connectivity index (χ2v) is 5.75. The maximum Gasteiger partial charge on any atom is 0.123 e. The Morgan fingerprint density at radius 3 is 2.67 bits per heavy atom. The summed E-state index contributed by atoms with van der Waals surface area (Å²) in [5, 5.41) is 3.55. The van der Waals surface area contributed by atoms with Crippen molar-refractivity contribution in [2.45, 2.75) is 31.7 Å². The number of benzene rings is 1. The summed E-state index contributed by atoms with van der Waals surface area (Å²) in [7, 11) is 1.72. The Labute approximate surface area is 131 Å². The number of rotatable bonds is 8. The third-order valence-electron chi connectivity index (χ3n) is 3.45. The predicted molar refractivity (Wildman–Crippen MR) is 88.8 cm³/mol. The van der Waals surface area contributed by atoms with Crippen molar-refractivity contribution in [2.75, 3.05) is 13.4 Å². The summed E-state index contributed by atoms with van der Waals surface area (Å²) in [6.45, 7) is 2.90. The summed E-state index contributed by atoms with van der Waals surface area (Å²) in [6.07, 6.45) is 3.08. The molecule has 1 aromatic carbocycles. The lowest BCUT2D eigenvalue weighted by atomic mass is 10.0. The van der Waals surface area contributed by atoms with Crippen molar-refractivity contribution in [1.82, 2.24) is 5.32 Å². The van der Waals surface area contributed by atoms with Crippen LogP contribution in [0.2, 0.25) is 0 Å². The van der Waals surface area contributed by atoms with Gasteiger partial charge >= 0.3 is 0 Å². The summed E-state index contributed by atoms with van der Waals surface area (Å²) in [5.41, 5.74) is 1.19. The third-order valence-corrected chi connectivity index (χ3v) is 4.02. The summed E-state index contributed by atoms with van der Waals surface area (Å²) in [5.74, 6) is 3.86. The van der Waals surface area contributed by atoms with Gasteiger partial charge in [0.2, 0.25) is 0 Å². The number of methoxy groups -OCH3 is 1. The van der Waals surface area contributed by atoms with Gasteiger partial charge in [0.05, 0.1) is 19.4 Å². The van der Waals surface area contributed by atoms with Crippen molar-refractivity contribution in [3.8, 4) is 5.75 Å². The van der Waals surface area contributed by atoms with Gasteiger partial charge < -0.3 is 14.5 Å². The molecule has 1 atom stereocenters. The summed E-state index contributed by atoms with van der Waals surface area (Å²) in [6, 6.07) is 12.5. The molecule has 0 saturated heterocycles. The number of ether oxygens (including phenoxy) is 1. The van der Waals surface area contributed by atoms with Gasteiger partial charge in [-0.15, -0.1) is 0 Å². The van der Waals surface area contributed by atoms with Crippen LogP contribution < -0.4 is 10.1 Å². The average molecular weight is 305 g/mol. The molecule has 1 unspecified atom stereocenters. The van der Waals surface area contributed by atoms with E-state index >= 15 is 0 Å².